The van der Waals surface area contributed by atoms with E-state index >= 15 is 0 Å². The first-order valence-electron chi connectivity index (χ1n) is 11.7. The average Bonchev–Trinajstić information content (AvgIpc) is 2.83. The number of nitrogens with zero attached hydrogens (tertiary/aromatic N) is 2. The van der Waals surface area contributed by atoms with Gasteiger partial charge < -0.3 is 20.9 Å². The smallest absolute Gasteiger partial charge is 0.274 e. The lowest BCUT2D eigenvalue weighted by Crippen LogP contribution is -2.31. The molecule has 1 aliphatic carbocycles. The van der Waals surface area contributed by atoms with Gasteiger partial charge in [-0.2, -0.15) is 0 Å². The Morgan fingerprint density at radius 1 is 1.14 bits per heavy atom. The van der Waals surface area contributed by atoms with Gasteiger partial charge in [-0.1, -0.05) is 6.92 Å². The molecule has 0 radical (unpaired) electrons. The van der Waals surface area contributed by atoms with Crippen LogP contribution in [0, 0.1) is 23.4 Å². The predicted molar refractivity (Wildman–Crippen MR) is 128 cm³/mol. The highest BCUT2D eigenvalue weighted by Gasteiger charge is 2.28. The number of carbonyl (C=O) groups excluding carboxylic acids is 1. The Bertz CT molecular complexity index is 1220. The van der Waals surface area contributed by atoms with Gasteiger partial charge in [0.05, 0.1) is 24.1 Å². The second-order valence-corrected chi connectivity index (χ2v) is 9.05. The zero-order valence-electron chi connectivity index (χ0n) is 19.7. The fraction of sp³-hybridized carbons (Fsp3) is 0.346. The predicted octanol–water partition coefficient (Wildman–Crippen LogP) is 4.42. The van der Waals surface area contributed by atoms with Crippen LogP contribution >= 0.6 is 0 Å². The first-order chi connectivity index (χ1) is 17.3. The molecule has 0 aliphatic heterocycles. The van der Waals surface area contributed by atoms with Gasteiger partial charge in [-0.3, -0.25) is 9.78 Å². The zero-order valence-corrected chi connectivity index (χ0v) is 19.7. The first-order valence-corrected chi connectivity index (χ1v) is 11.7. The summed E-state index contributed by atoms with van der Waals surface area (Å²) in [4.78, 5) is 21.1. The number of hydrogen-bond donors (Lipinski definition) is 3. The Hall–Kier alpha value is -3.50. The van der Waals surface area contributed by atoms with Gasteiger partial charge in [0.25, 0.3) is 5.91 Å². The molecule has 4 rings (SSSR count). The Morgan fingerprint density at radius 2 is 1.89 bits per heavy atom. The van der Waals surface area contributed by atoms with Crippen molar-refractivity contribution < 1.29 is 27.8 Å². The minimum absolute atomic E-state index is 0.0574. The number of pyridine rings is 2. The van der Waals surface area contributed by atoms with E-state index in [2.05, 4.69) is 22.2 Å². The van der Waals surface area contributed by atoms with E-state index in [1.807, 2.05) is 6.07 Å². The molecule has 3 atom stereocenters. The van der Waals surface area contributed by atoms with Crippen molar-refractivity contribution in [1.29, 1.82) is 0 Å². The lowest BCUT2D eigenvalue weighted by Gasteiger charge is -2.32. The third-order valence-corrected chi connectivity index (χ3v) is 6.21. The molecule has 3 aromatic rings. The highest BCUT2D eigenvalue weighted by molar-refractivity contribution is 6.03. The maximum absolute atomic E-state index is 14.7. The largest absolute Gasteiger partial charge is 0.491 e. The molecule has 7 nitrogen and oxygen atoms in total. The van der Waals surface area contributed by atoms with E-state index in [1.165, 1.54) is 6.20 Å². The van der Waals surface area contributed by atoms with Gasteiger partial charge in [0, 0.05) is 24.4 Å². The van der Waals surface area contributed by atoms with Gasteiger partial charge in [0.2, 0.25) is 0 Å². The molecule has 2 heterocycles. The van der Waals surface area contributed by atoms with Gasteiger partial charge in [-0.15, -0.1) is 0 Å². The quantitative estimate of drug-likeness (QED) is 0.443. The van der Waals surface area contributed by atoms with Gasteiger partial charge in [-0.25, -0.2) is 18.2 Å². The van der Waals surface area contributed by atoms with Crippen LogP contribution in [0.4, 0.5) is 18.9 Å². The van der Waals surface area contributed by atoms with E-state index in [1.54, 1.807) is 6.20 Å². The third-order valence-electron chi connectivity index (χ3n) is 6.21. The number of anilines is 1. The number of benzene rings is 1. The van der Waals surface area contributed by atoms with E-state index in [0.717, 1.165) is 49.1 Å². The maximum atomic E-state index is 14.7. The van der Waals surface area contributed by atoms with Crippen molar-refractivity contribution in [2.24, 2.45) is 11.7 Å². The molecular weight excluding hydrogens is 473 g/mol. The summed E-state index contributed by atoms with van der Waals surface area (Å²) < 4.78 is 49.0. The molecule has 0 bridgehead atoms. The summed E-state index contributed by atoms with van der Waals surface area (Å²) in [5.41, 5.74) is 5.97. The fourth-order valence-electron chi connectivity index (χ4n) is 4.73. The standard InChI is InChI=1S/C26H27F3N4O3/c1-14-8-15(10-16(30)9-14)18-4-5-31-13-23(18)33-26(35)22-3-2-19(27)25(32-22)24-20(28)11-17(12-21(24)29)36-7-6-34/h2-5,11-16,34H,6-10,30H2,1H3,(H,33,35)/t14-,15+,16-/m0/s1. The van der Waals surface area contributed by atoms with Crippen LogP contribution in [0.1, 0.15) is 48.2 Å². The monoisotopic (exact) mass is 500 g/mol. The van der Waals surface area contributed by atoms with Crippen molar-refractivity contribution in [2.45, 2.75) is 38.1 Å². The molecule has 36 heavy (non-hydrogen) atoms. The molecule has 1 saturated carbocycles. The van der Waals surface area contributed by atoms with E-state index in [9.17, 15) is 18.0 Å². The number of aromatic nitrogens is 2. The number of ether oxygens (including phenoxy) is 1. The van der Waals surface area contributed by atoms with E-state index in [-0.39, 0.29) is 36.6 Å². The van der Waals surface area contributed by atoms with E-state index in [0.29, 0.717) is 11.6 Å². The lowest BCUT2D eigenvalue weighted by molar-refractivity contribution is 0.102. The van der Waals surface area contributed by atoms with Gasteiger partial charge in [0.1, 0.15) is 41.2 Å². The number of nitrogens with one attached hydrogen (secondary N) is 1. The van der Waals surface area contributed by atoms with Crippen molar-refractivity contribution in [2.75, 3.05) is 18.5 Å². The second-order valence-electron chi connectivity index (χ2n) is 9.05. The van der Waals surface area contributed by atoms with Crippen molar-refractivity contribution in [1.82, 2.24) is 9.97 Å². The fourth-order valence-corrected chi connectivity index (χ4v) is 4.73. The molecule has 1 amide bonds. The summed E-state index contributed by atoms with van der Waals surface area (Å²) >= 11 is 0. The van der Waals surface area contributed by atoms with Gasteiger partial charge >= 0.3 is 0 Å². The third kappa shape index (κ3) is 5.66. The molecule has 2 aromatic heterocycles. The summed E-state index contributed by atoms with van der Waals surface area (Å²) in [6, 6.07) is 5.68. The number of hydrogen-bond acceptors (Lipinski definition) is 6. The number of aliphatic hydroxyl groups excluding tert-OH is 1. The topological polar surface area (TPSA) is 110 Å². The number of aliphatic hydroxyl groups is 1. The van der Waals surface area contributed by atoms with Crippen LogP contribution in [-0.4, -0.2) is 40.2 Å². The second kappa shape index (κ2) is 11.0. The number of rotatable bonds is 7. The molecule has 1 aliphatic rings. The molecule has 10 heteroatoms. The van der Waals surface area contributed by atoms with Crippen molar-refractivity contribution >= 4 is 11.6 Å². The van der Waals surface area contributed by atoms with Crippen LogP contribution < -0.4 is 15.8 Å². The van der Waals surface area contributed by atoms with E-state index in [4.69, 9.17) is 15.6 Å². The Kier molecular flexibility index (Phi) is 7.85. The number of amides is 1. The molecule has 1 aromatic carbocycles. The van der Waals surface area contributed by atoms with Crippen LogP contribution in [0.3, 0.4) is 0 Å². The SMILES string of the molecule is C[C@@H]1C[C@H](N)C[C@H](c2ccncc2NC(=O)c2ccc(F)c(-c3c(F)cc(OCCO)cc3F)n2)C1. The van der Waals surface area contributed by atoms with Crippen LogP contribution in [0.25, 0.3) is 11.3 Å². The molecular formula is C26H27F3N4O3. The average molecular weight is 501 g/mol. The molecule has 1 fully saturated rings. The minimum atomic E-state index is -1.12. The molecule has 0 unspecified atom stereocenters. The van der Waals surface area contributed by atoms with Gasteiger partial charge in [-0.05, 0) is 54.9 Å². The van der Waals surface area contributed by atoms with Crippen LogP contribution in [0.5, 0.6) is 5.75 Å². The highest BCUT2D eigenvalue weighted by Crippen LogP contribution is 2.38. The van der Waals surface area contributed by atoms with Crippen LogP contribution in [0.2, 0.25) is 0 Å². The summed E-state index contributed by atoms with van der Waals surface area (Å²) in [7, 11) is 0. The Labute approximate surface area is 206 Å². The molecule has 4 N–H and O–H groups in total. The summed E-state index contributed by atoms with van der Waals surface area (Å²) in [5.74, 6) is -3.52. The maximum Gasteiger partial charge on any atom is 0.274 e. The molecule has 0 saturated heterocycles. The molecule has 190 valence electrons. The number of nitrogens with two attached hydrogens (primary N) is 1. The van der Waals surface area contributed by atoms with Crippen molar-refractivity contribution in [3.8, 4) is 17.0 Å². The van der Waals surface area contributed by atoms with Crippen molar-refractivity contribution in [3.63, 3.8) is 0 Å². The van der Waals surface area contributed by atoms with Gasteiger partial charge in [0.15, 0.2) is 0 Å². The highest BCUT2D eigenvalue weighted by atomic mass is 19.1. The number of halogens is 3. The number of carbonyl (C=O) groups is 1. The van der Waals surface area contributed by atoms with E-state index < -0.39 is 34.6 Å². The molecule has 0 spiro atoms. The lowest BCUT2D eigenvalue weighted by atomic mass is 9.76. The van der Waals surface area contributed by atoms with Crippen LogP contribution in [0.15, 0.2) is 42.7 Å². The normalized spacial score (nSPS) is 19.7. The summed E-state index contributed by atoms with van der Waals surface area (Å²) in [6.07, 6.45) is 5.78. The first kappa shape index (κ1) is 25.6. The Balaban J connectivity index is 1.62. The zero-order chi connectivity index (χ0) is 25.8. The summed E-state index contributed by atoms with van der Waals surface area (Å²) in [5, 5.41) is 11.6. The van der Waals surface area contributed by atoms with Crippen LogP contribution in [-0.2, 0) is 0 Å². The summed E-state index contributed by atoms with van der Waals surface area (Å²) in [6.45, 7) is 1.63. The van der Waals surface area contributed by atoms with Crippen molar-refractivity contribution in [3.05, 3.63) is 71.4 Å². The minimum Gasteiger partial charge on any atom is -0.491 e. The Morgan fingerprint density at radius 3 is 2.58 bits per heavy atom.